The van der Waals surface area contributed by atoms with Crippen LogP contribution in [0.3, 0.4) is 0 Å². The molecular formula is C21H20BrNO4S. The van der Waals surface area contributed by atoms with Crippen LogP contribution in [0.1, 0.15) is 48.5 Å². The first-order chi connectivity index (χ1) is 13.5. The molecule has 0 spiro atoms. The normalized spacial score (nSPS) is 22.1. The number of Topliss-reactive ketones (excluding diaryl/α,β-unsaturated/α-hetero) is 1. The van der Waals surface area contributed by atoms with Gasteiger partial charge >= 0.3 is 0 Å². The molecule has 4 rings (SSSR count). The van der Waals surface area contributed by atoms with Crippen molar-refractivity contribution < 1.29 is 19.4 Å². The lowest BCUT2D eigenvalue weighted by Gasteiger charge is -2.34. The van der Waals surface area contributed by atoms with Crippen LogP contribution in [0.25, 0.3) is 0 Å². The van der Waals surface area contributed by atoms with Crippen LogP contribution >= 0.6 is 27.3 Å². The number of phenolic OH excluding ortho intramolecular Hbond substituents is 1. The summed E-state index contributed by atoms with van der Waals surface area (Å²) in [5, 5.41) is 15.1. The van der Waals surface area contributed by atoms with E-state index in [1.165, 1.54) is 4.88 Å². The highest BCUT2D eigenvalue weighted by atomic mass is 79.9. The van der Waals surface area contributed by atoms with Gasteiger partial charge in [-0.15, -0.1) is 11.3 Å². The predicted octanol–water partition coefficient (Wildman–Crippen LogP) is 4.62. The Bertz CT molecular complexity index is 967. The summed E-state index contributed by atoms with van der Waals surface area (Å²) in [7, 11) is 0. The van der Waals surface area contributed by atoms with Crippen molar-refractivity contribution in [1.82, 2.24) is 5.32 Å². The third-order valence-electron chi connectivity index (χ3n) is 5.23. The average molecular weight is 462 g/mol. The number of ether oxygens (including phenoxy) is 1. The lowest BCUT2D eigenvalue weighted by molar-refractivity contribution is -0.122. The van der Waals surface area contributed by atoms with E-state index in [1.54, 1.807) is 23.5 Å². The summed E-state index contributed by atoms with van der Waals surface area (Å²) in [6.45, 7) is 2.24. The van der Waals surface area contributed by atoms with Crippen molar-refractivity contribution in [2.45, 2.75) is 38.0 Å². The Morgan fingerprint density at radius 1 is 1.29 bits per heavy atom. The molecule has 0 bridgehead atoms. The van der Waals surface area contributed by atoms with E-state index < -0.39 is 0 Å². The molecule has 146 valence electrons. The van der Waals surface area contributed by atoms with Crippen LogP contribution in [0.5, 0.6) is 11.5 Å². The van der Waals surface area contributed by atoms with Gasteiger partial charge in [0.1, 0.15) is 0 Å². The van der Waals surface area contributed by atoms with Crippen LogP contribution in [0.4, 0.5) is 0 Å². The van der Waals surface area contributed by atoms with Crippen molar-refractivity contribution in [1.29, 1.82) is 0 Å². The summed E-state index contributed by atoms with van der Waals surface area (Å²) in [5.74, 6) is 0.123. The van der Waals surface area contributed by atoms with Crippen LogP contribution in [0.15, 0.2) is 45.4 Å². The molecule has 1 aromatic heterocycles. The molecule has 0 saturated carbocycles. The summed E-state index contributed by atoms with van der Waals surface area (Å²) < 4.78 is 6.01. The lowest BCUT2D eigenvalue weighted by atomic mass is 9.74. The zero-order valence-electron chi connectivity index (χ0n) is 15.3. The lowest BCUT2D eigenvalue weighted by Crippen LogP contribution is -2.38. The smallest absolute Gasteiger partial charge is 0.225 e. The molecule has 2 aliphatic rings. The first-order valence-electron chi connectivity index (χ1n) is 9.22. The van der Waals surface area contributed by atoms with Gasteiger partial charge in [0.05, 0.1) is 11.1 Å². The second kappa shape index (κ2) is 7.72. The van der Waals surface area contributed by atoms with Crippen LogP contribution in [-0.2, 0) is 9.59 Å². The van der Waals surface area contributed by atoms with Gasteiger partial charge in [-0.2, -0.15) is 0 Å². The molecule has 2 aromatic rings. The van der Waals surface area contributed by atoms with E-state index in [0.717, 1.165) is 11.3 Å². The number of halogens is 1. The second-order valence-electron chi connectivity index (χ2n) is 7.02. The Morgan fingerprint density at radius 3 is 2.82 bits per heavy atom. The number of thiophene rings is 1. The van der Waals surface area contributed by atoms with E-state index in [0.29, 0.717) is 35.2 Å². The highest BCUT2D eigenvalue weighted by molar-refractivity contribution is 9.10. The fourth-order valence-corrected chi connectivity index (χ4v) is 5.32. The fourth-order valence-electron chi connectivity index (χ4n) is 4.03. The Hall–Kier alpha value is -2.12. The summed E-state index contributed by atoms with van der Waals surface area (Å²) in [6.07, 6.45) is 1.31. The number of benzene rings is 1. The van der Waals surface area contributed by atoms with Crippen molar-refractivity contribution >= 4 is 39.0 Å². The van der Waals surface area contributed by atoms with Gasteiger partial charge in [0, 0.05) is 40.8 Å². The number of phenols is 1. The molecule has 1 aliphatic heterocycles. The van der Waals surface area contributed by atoms with E-state index >= 15 is 0 Å². The van der Waals surface area contributed by atoms with E-state index in [9.17, 15) is 14.7 Å². The number of hydrogen-bond donors (Lipinski definition) is 2. The molecule has 0 unspecified atom stereocenters. The van der Waals surface area contributed by atoms with E-state index in [1.807, 2.05) is 24.4 Å². The minimum atomic E-state index is -0.336. The third-order valence-corrected chi connectivity index (χ3v) is 6.87. The second-order valence-corrected chi connectivity index (χ2v) is 8.86. The maximum absolute atomic E-state index is 13.1. The molecule has 0 radical (unpaired) electrons. The first-order valence-corrected chi connectivity index (χ1v) is 10.9. The van der Waals surface area contributed by atoms with Gasteiger partial charge < -0.3 is 15.2 Å². The van der Waals surface area contributed by atoms with Gasteiger partial charge in [0.2, 0.25) is 5.91 Å². The summed E-state index contributed by atoms with van der Waals surface area (Å²) in [6, 6.07) is 7.53. The van der Waals surface area contributed by atoms with Gasteiger partial charge in [0.25, 0.3) is 0 Å². The van der Waals surface area contributed by atoms with Crippen LogP contribution in [0.2, 0.25) is 0 Å². The highest BCUT2D eigenvalue weighted by Gasteiger charge is 2.38. The molecule has 0 fully saturated rings. The molecule has 0 saturated heterocycles. The van der Waals surface area contributed by atoms with E-state index in [-0.39, 0.29) is 35.7 Å². The zero-order chi connectivity index (χ0) is 19.8. The highest BCUT2D eigenvalue weighted by Crippen LogP contribution is 2.46. The third kappa shape index (κ3) is 3.49. The Kier molecular flexibility index (Phi) is 5.29. The van der Waals surface area contributed by atoms with Crippen molar-refractivity contribution in [3.05, 3.63) is 55.8 Å². The number of amides is 1. The van der Waals surface area contributed by atoms with Crippen molar-refractivity contribution in [2.75, 3.05) is 6.61 Å². The number of carbonyl (C=O) groups excluding carboxylic acids is 2. The van der Waals surface area contributed by atoms with Crippen LogP contribution in [-0.4, -0.2) is 23.4 Å². The van der Waals surface area contributed by atoms with Gasteiger partial charge in [-0.1, -0.05) is 6.07 Å². The number of rotatable bonds is 4. The molecule has 2 atom stereocenters. The Morgan fingerprint density at radius 2 is 2.11 bits per heavy atom. The minimum Gasteiger partial charge on any atom is -0.503 e. The number of nitrogens with one attached hydrogen (secondary N) is 1. The molecule has 5 nitrogen and oxygen atoms in total. The SMILES string of the molecule is CCOc1cc([C@@H]2CC(=O)NC3=C2C(=O)C[C@@H](c2cccs2)C3)cc(Br)c1O. The zero-order valence-corrected chi connectivity index (χ0v) is 17.7. The summed E-state index contributed by atoms with van der Waals surface area (Å²) >= 11 is 5.00. The fraction of sp³-hybridized carbons (Fsp3) is 0.333. The van der Waals surface area contributed by atoms with E-state index in [4.69, 9.17) is 4.74 Å². The number of aromatic hydroxyl groups is 1. The molecule has 28 heavy (non-hydrogen) atoms. The largest absolute Gasteiger partial charge is 0.503 e. The maximum atomic E-state index is 13.1. The molecule has 1 aliphatic carbocycles. The maximum Gasteiger partial charge on any atom is 0.225 e. The summed E-state index contributed by atoms with van der Waals surface area (Å²) in [5.41, 5.74) is 2.21. The average Bonchev–Trinajstić information content (AvgIpc) is 3.19. The first kappa shape index (κ1) is 19.2. The number of ketones is 1. The van der Waals surface area contributed by atoms with Crippen molar-refractivity contribution in [3.63, 3.8) is 0 Å². The molecule has 2 heterocycles. The Labute approximate surface area is 175 Å². The monoisotopic (exact) mass is 461 g/mol. The van der Waals surface area contributed by atoms with Crippen molar-refractivity contribution in [2.24, 2.45) is 0 Å². The topological polar surface area (TPSA) is 75.6 Å². The number of allylic oxidation sites excluding steroid dienone is 2. The number of carbonyl (C=O) groups is 2. The predicted molar refractivity (Wildman–Crippen MR) is 111 cm³/mol. The molecule has 1 aromatic carbocycles. The minimum absolute atomic E-state index is 0.0211. The van der Waals surface area contributed by atoms with Gasteiger partial charge in [-0.3, -0.25) is 9.59 Å². The summed E-state index contributed by atoms with van der Waals surface area (Å²) in [4.78, 5) is 26.7. The molecular weight excluding hydrogens is 442 g/mol. The van der Waals surface area contributed by atoms with Gasteiger partial charge in [0.15, 0.2) is 17.3 Å². The molecule has 7 heteroatoms. The van der Waals surface area contributed by atoms with Crippen molar-refractivity contribution in [3.8, 4) is 11.5 Å². The molecule has 1 amide bonds. The Balaban J connectivity index is 1.75. The molecule has 2 N–H and O–H groups in total. The number of hydrogen-bond acceptors (Lipinski definition) is 5. The standard InChI is InChI=1S/C21H20BrNO4S/c1-2-27-17-9-11(6-14(22)21(17)26)13-10-19(25)23-15-7-12(8-16(24)20(13)15)18-4-3-5-28-18/h3-6,9,12-13,26H,2,7-8,10H2,1H3,(H,23,25)/t12-,13-/m0/s1. The quantitative estimate of drug-likeness (QED) is 0.696. The van der Waals surface area contributed by atoms with Gasteiger partial charge in [-0.05, 0) is 58.4 Å². The van der Waals surface area contributed by atoms with Gasteiger partial charge in [-0.25, -0.2) is 0 Å². The van der Waals surface area contributed by atoms with Crippen LogP contribution < -0.4 is 10.1 Å². The van der Waals surface area contributed by atoms with Crippen LogP contribution in [0, 0.1) is 0 Å². The van der Waals surface area contributed by atoms with E-state index in [2.05, 4.69) is 21.2 Å².